The van der Waals surface area contributed by atoms with Gasteiger partial charge in [-0.3, -0.25) is 0 Å². The Balaban J connectivity index is 1.44. The predicted octanol–water partition coefficient (Wildman–Crippen LogP) is 3.78. The van der Waals surface area contributed by atoms with E-state index < -0.39 is 35.4 Å². The summed E-state index contributed by atoms with van der Waals surface area (Å²) in [5.41, 5.74) is -0.148. The van der Waals surface area contributed by atoms with Crippen LogP contribution in [0.5, 0.6) is 0 Å². The van der Waals surface area contributed by atoms with E-state index in [2.05, 4.69) is 4.98 Å². The number of aliphatic hydroxyl groups is 2. The molecule has 4 atom stereocenters. The predicted molar refractivity (Wildman–Crippen MR) is 98.7 cm³/mol. The number of imidazole rings is 1. The molecule has 4 nitrogen and oxygen atoms in total. The van der Waals surface area contributed by atoms with E-state index in [1.165, 1.54) is 29.2 Å². The lowest BCUT2D eigenvalue weighted by molar-refractivity contribution is -0.237. The van der Waals surface area contributed by atoms with E-state index in [-0.39, 0.29) is 23.3 Å². The molecular weight excluding hydrogens is 381 g/mol. The van der Waals surface area contributed by atoms with Crippen LogP contribution in [0.1, 0.15) is 43.7 Å². The minimum atomic E-state index is -3.57. The molecule has 2 heterocycles. The van der Waals surface area contributed by atoms with Crippen molar-refractivity contribution >= 4 is 0 Å². The minimum Gasteiger partial charge on any atom is -0.393 e. The largest absolute Gasteiger partial charge is 0.393 e. The number of aliphatic hydroxyl groups excluding tert-OH is 2. The first kappa shape index (κ1) is 18.0. The van der Waals surface area contributed by atoms with E-state index in [4.69, 9.17) is 0 Å². The first-order valence-electron chi connectivity index (χ1n) is 10.4. The van der Waals surface area contributed by atoms with Crippen LogP contribution in [0.25, 0.3) is 11.3 Å². The third kappa shape index (κ3) is 2.20. The Morgan fingerprint density at radius 2 is 1.90 bits per heavy atom. The second-order valence-corrected chi connectivity index (χ2v) is 9.69. The van der Waals surface area contributed by atoms with Gasteiger partial charge in [0.05, 0.1) is 24.3 Å². The molecule has 4 bridgehead atoms. The first-order chi connectivity index (χ1) is 13.8. The maximum atomic E-state index is 16.0. The Kier molecular flexibility index (Phi) is 3.49. The van der Waals surface area contributed by atoms with E-state index in [9.17, 15) is 14.6 Å². The van der Waals surface area contributed by atoms with Gasteiger partial charge in [0, 0.05) is 16.5 Å². The zero-order valence-corrected chi connectivity index (χ0v) is 15.8. The molecule has 5 aliphatic rings. The molecule has 0 spiro atoms. The summed E-state index contributed by atoms with van der Waals surface area (Å²) in [5.74, 6) is -4.03. The van der Waals surface area contributed by atoms with Gasteiger partial charge in [0.2, 0.25) is 0 Å². The van der Waals surface area contributed by atoms with Crippen molar-refractivity contribution in [1.29, 1.82) is 0 Å². The highest BCUT2D eigenvalue weighted by Gasteiger charge is 2.65. The molecule has 4 saturated carbocycles. The summed E-state index contributed by atoms with van der Waals surface area (Å²) in [6.07, 6.45) is 3.47. The second-order valence-electron chi connectivity index (χ2n) is 9.69. The Bertz CT molecular complexity index is 974. The van der Waals surface area contributed by atoms with Crippen molar-refractivity contribution in [1.82, 2.24) is 9.55 Å². The van der Waals surface area contributed by atoms with Gasteiger partial charge in [0.25, 0.3) is 5.92 Å². The fourth-order valence-corrected chi connectivity index (χ4v) is 7.23. The van der Waals surface area contributed by atoms with E-state index in [0.717, 1.165) is 12.8 Å². The zero-order valence-electron chi connectivity index (χ0n) is 15.8. The minimum absolute atomic E-state index is 0.0249. The van der Waals surface area contributed by atoms with Gasteiger partial charge in [-0.2, -0.15) is 0 Å². The van der Waals surface area contributed by atoms with Crippen LogP contribution < -0.4 is 0 Å². The number of nitrogens with zero attached hydrogens (tertiary/aromatic N) is 2. The van der Waals surface area contributed by atoms with Gasteiger partial charge in [0.1, 0.15) is 18.0 Å². The summed E-state index contributed by atoms with van der Waals surface area (Å²) in [5, 5.41) is 21.7. The van der Waals surface area contributed by atoms with Gasteiger partial charge >= 0.3 is 0 Å². The van der Waals surface area contributed by atoms with Crippen molar-refractivity contribution < 1.29 is 23.4 Å². The zero-order chi connectivity index (χ0) is 20.1. The van der Waals surface area contributed by atoms with Crippen molar-refractivity contribution in [3.8, 4) is 11.3 Å². The van der Waals surface area contributed by atoms with Crippen molar-refractivity contribution in [2.24, 2.45) is 23.2 Å². The monoisotopic (exact) mass is 404 g/mol. The lowest BCUT2D eigenvalue weighted by Gasteiger charge is -2.61. The van der Waals surface area contributed by atoms with Crippen LogP contribution in [0.4, 0.5) is 13.2 Å². The third-order valence-corrected chi connectivity index (χ3v) is 8.13. The molecule has 1 aliphatic heterocycles. The number of hydrogen-bond acceptors (Lipinski definition) is 3. The highest BCUT2D eigenvalue weighted by atomic mass is 19.3. The summed E-state index contributed by atoms with van der Waals surface area (Å²) in [6, 6.07) is 2.69. The SMILES string of the molecule is OC1C2CC3CC1CC(C(O)C(F)(F)C1c4c(F)cccc4-c4cncn41)(C3)C2. The highest BCUT2D eigenvalue weighted by Crippen LogP contribution is 2.64. The molecule has 0 saturated heterocycles. The van der Waals surface area contributed by atoms with Crippen LogP contribution in [0.15, 0.2) is 30.7 Å². The average molecular weight is 404 g/mol. The third-order valence-electron chi connectivity index (χ3n) is 8.13. The summed E-state index contributed by atoms with van der Waals surface area (Å²) in [6.45, 7) is 0. The number of alkyl halides is 2. The maximum Gasteiger partial charge on any atom is 0.298 e. The lowest BCUT2D eigenvalue weighted by atomic mass is 9.46. The smallest absolute Gasteiger partial charge is 0.298 e. The molecule has 2 N–H and O–H groups in total. The molecule has 7 heteroatoms. The van der Waals surface area contributed by atoms with Gasteiger partial charge in [0.15, 0.2) is 0 Å². The fraction of sp³-hybridized carbons (Fsp3) is 0.591. The van der Waals surface area contributed by atoms with Crippen molar-refractivity contribution in [2.45, 2.75) is 56.3 Å². The van der Waals surface area contributed by atoms with Crippen LogP contribution in [-0.4, -0.2) is 37.9 Å². The van der Waals surface area contributed by atoms with Crippen LogP contribution in [0.2, 0.25) is 0 Å². The number of rotatable bonds is 3. The number of halogens is 3. The summed E-state index contributed by atoms with van der Waals surface area (Å²) in [4.78, 5) is 3.99. The Morgan fingerprint density at radius 3 is 2.62 bits per heavy atom. The van der Waals surface area contributed by atoms with E-state index >= 15 is 8.78 Å². The normalized spacial score (nSPS) is 38.2. The van der Waals surface area contributed by atoms with Crippen LogP contribution in [0.3, 0.4) is 0 Å². The number of hydrogen-bond donors (Lipinski definition) is 2. The second kappa shape index (κ2) is 5.64. The summed E-state index contributed by atoms with van der Waals surface area (Å²) in [7, 11) is 0. The van der Waals surface area contributed by atoms with Crippen LogP contribution in [-0.2, 0) is 0 Å². The molecule has 1 aromatic heterocycles. The van der Waals surface area contributed by atoms with Gasteiger partial charge in [-0.1, -0.05) is 12.1 Å². The van der Waals surface area contributed by atoms with E-state index in [0.29, 0.717) is 30.5 Å². The standard InChI is InChI=1S/C22H23F3N2O2/c23-15-3-1-2-14-16-9-26-10-27(16)19(17(14)15)22(24,25)20(29)21-6-11-4-12(7-21)18(28)13(5-11)8-21/h1-3,9-13,18-20,28-29H,4-8H2. The maximum absolute atomic E-state index is 16.0. The number of benzene rings is 1. The number of aromatic nitrogens is 2. The Morgan fingerprint density at radius 1 is 1.17 bits per heavy atom. The molecule has 29 heavy (non-hydrogen) atoms. The van der Waals surface area contributed by atoms with Crippen molar-refractivity contribution in [3.63, 3.8) is 0 Å². The fourth-order valence-electron chi connectivity index (χ4n) is 7.23. The van der Waals surface area contributed by atoms with Crippen molar-refractivity contribution in [3.05, 3.63) is 42.1 Å². The van der Waals surface area contributed by atoms with Crippen LogP contribution in [0, 0.1) is 29.0 Å². The molecule has 154 valence electrons. The van der Waals surface area contributed by atoms with Gasteiger partial charge in [-0.25, -0.2) is 18.2 Å². The first-order valence-corrected chi connectivity index (χ1v) is 10.4. The quantitative estimate of drug-likeness (QED) is 0.819. The topological polar surface area (TPSA) is 58.3 Å². The van der Waals surface area contributed by atoms with Gasteiger partial charge in [-0.05, 0) is 55.9 Å². The molecule has 4 unspecified atom stereocenters. The Labute approximate surface area is 166 Å². The summed E-state index contributed by atoms with van der Waals surface area (Å²) >= 11 is 0. The Hall–Kier alpha value is -1.86. The highest BCUT2D eigenvalue weighted by molar-refractivity contribution is 5.69. The van der Waals surface area contributed by atoms with Crippen LogP contribution >= 0.6 is 0 Å². The molecule has 7 rings (SSSR count). The van der Waals surface area contributed by atoms with Gasteiger partial charge in [-0.15, -0.1) is 0 Å². The van der Waals surface area contributed by atoms with Gasteiger partial charge < -0.3 is 14.8 Å². The van der Waals surface area contributed by atoms with Crippen molar-refractivity contribution in [2.75, 3.05) is 0 Å². The molecule has 0 radical (unpaired) electrons. The molecule has 4 aliphatic carbocycles. The molecule has 0 amide bonds. The number of fused-ring (bicyclic) bond motifs is 3. The molecule has 2 aromatic rings. The molecular formula is C22H23F3N2O2. The average Bonchev–Trinajstić information content (AvgIpc) is 3.26. The molecule has 4 fully saturated rings. The van der Waals surface area contributed by atoms with E-state index in [1.54, 1.807) is 6.07 Å². The lowest BCUT2D eigenvalue weighted by Crippen LogP contribution is -2.62. The summed E-state index contributed by atoms with van der Waals surface area (Å²) < 4.78 is 48.0. The molecule has 1 aromatic carbocycles. The van der Waals surface area contributed by atoms with E-state index in [1.807, 2.05) is 0 Å².